The van der Waals surface area contributed by atoms with Crippen LogP contribution in [0.4, 0.5) is 0 Å². The average molecular weight is 193 g/mol. The van der Waals surface area contributed by atoms with Crippen LogP contribution in [0.15, 0.2) is 6.07 Å². The molecule has 0 aliphatic heterocycles. The molecule has 0 spiro atoms. The van der Waals surface area contributed by atoms with Crippen molar-refractivity contribution in [3.05, 3.63) is 23.0 Å². The number of hydrogen-bond donors (Lipinski definition) is 0. The van der Waals surface area contributed by atoms with Crippen molar-refractivity contribution in [3.63, 3.8) is 0 Å². The topological polar surface area (TPSA) is 22.0 Å². The normalized spacial score (nSPS) is 11.4. The van der Waals surface area contributed by atoms with E-state index in [1.807, 2.05) is 13.0 Å². The predicted molar refractivity (Wildman–Crippen MR) is 59.0 cm³/mol. The van der Waals surface area contributed by atoms with Crippen LogP contribution in [0.25, 0.3) is 0 Å². The van der Waals surface area contributed by atoms with E-state index in [1.54, 1.807) is 0 Å². The summed E-state index contributed by atoms with van der Waals surface area (Å²) in [4.78, 5) is 10.8. The minimum absolute atomic E-state index is 0.418. The Labute approximate surface area is 85.9 Å². The molecule has 0 atom stereocenters. The van der Waals surface area contributed by atoms with Crippen LogP contribution in [0, 0.1) is 6.92 Å². The molecule has 0 aliphatic carbocycles. The van der Waals surface area contributed by atoms with Gasteiger partial charge in [-0.15, -0.1) is 0 Å². The van der Waals surface area contributed by atoms with E-state index in [0.717, 1.165) is 17.5 Å². The molecule has 14 heavy (non-hydrogen) atoms. The van der Waals surface area contributed by atoms with Crippen LogP contribution in [-0.2, 0) is 0 Å². The molecular formula is C12H19NO. The van der Waals surface area contributed by atoms with Gasteiger partial charge in [0, 0.05) is 23.0 Å². The van der Waals surface area contributed by atoms with Crippen LogP contribution in [0.1, 0.15) is 61.4 Å². The third-order valence-corrected chi connectivity index (χ3v) is 2.60. The van der Waals surface area contributed by atoms with Crippen molar-refractivity contribution in [3.8, 4) is 0 Å². The number of rotatable bonds is 3. The van der Waals surface area contributed by atoms with Gasteiger partial charge in [0.05, 0.1) is 0 Å². The van der Waals surface area contributed by atoms with Gasteiger partial charge in [-0.1, -0.05) is 13.8 Å². The standard InChI is InChI=1S/C12H19NO/c1-8(2)12-6-11(7-14)10(5)13(12)9(3)4/h6-9H,1-5H3. The van der Waals surface area contributed by atoms with Crippen LogP contribution in [0.3, 0.4) is 0 Å². The summed E-state index contributed by atoms with van der Waals surface area (Å²) in [7, 11) is 0. The minimum atomic E-state index is 0.418. The Bertz CT molecular complexity index is 334. The second kappa shape index (κ2) is 3.99. The molecule has 0 bridgehead atoms. The molecule has 1 aromatic heterocycles. The van der Waals surface area contributed by atoms with Gasteiger partial charge in [0.2, 0.25) is 0 Å². The first-order valence-corrected chi connectivity index (χ1v) is 5.16. The number of hydrogen-bond acceptors (Lipinski definition) is 1. The molecule has 0 amide bonds. The molecule has 0 aliphatic rings. The lowest BCUT2D eigenvalue weighted by Gasteiger charge is -2.17. The zero-order valence-electron chi connectivity index (χ0n) is 9.66. The largest absolute Gasteiger partial charge is 0.345 e. The third kappa shape index (κ3) is 1.74. The Balaban J connectivity index is 3.34. The molecule has 1 heterocycles. The van der Waals surface area contributed by atoms with E-state index in [1.165, 1.54) is 5.69 Å². The smallest absolute Gasteiger partial charge is 0.151 e. The molecule has 2 heteroatoms. The number of aldehydes is 1. The highest BCUT2D eigenvalue weighted by molar-refractivity contribution is 5.77. The first kappa shape index (κ1) is 11.0. The summed E-state index contributed by atoms with van der Waals surface area (Å²) in [5.74, 6) is 0.463. The fourth-order valence-electron chi connectivity index (χ4n) is 1.92. The van der Waals surface area contributed by atoms with Gasteiger partial charge in [-0.05, 0) is 32.8 Å². The number of aromatic nitrogens is 1. The van der Waals surface area contributed by atoms with Crippen LogP contribution >= 0.6 is 0 Å². The van der Waals surface area contributed by atoms with Gasteiger partial charge in [0.15, 0.2) is 6.29 Å². The van der Waals surface area contributed by atoms with Gasteiger partial charge < -0.3 is 4.57 Å². The van der Waals surface area contributed by atoms with Crippen LogP contribution in [0.2, 0.25) is 0 Å². The quantitative estimate of drug-likeness (QED) is 0.675. The monoisotopic (exact) mass is 193 g/mol. The molecule has 1 rings (SSSR count). The molecule has 2 nitrogen and oxygen atoms in total. The third-order valence-electron chi connectivity index (χ3n) is 2.60. The van der Waals surface area contributed by atoms with Gasteiger partial charge in [0.1, 0.15) is 0 Å². The minimum Gasteiger partial charge on any atom is -0.345 e. The van der Waals surface area contributed by atoms with Gasteiger partial charge in [-0.2, -0.15) is 0 Å². The summed E-state index contributed by atoms with van der Waals surface area (Å²) in [5.41, 5.74) is 3.15. The summed E-state index contributed by atoms with van der Waals surface area (Å²) < 4.78 is 2.24. The molecule has 0 unspecified atom stereocenters. The lowest BCUT2D eigenvalue weighted by molar-refractivity contribution is 0.112. The van der Waals surface area contributed by atoms with Gasteiger partial charge in [-0.3, -0.25) is 4.79 Å². The van der Waals surface area contributed by atoms with Crippen molar-refractivity contribution >= 4 is 6.29 Å². The summed E-state index contributed by atoms with van der Waals surface area (Å²) >= 11 is 0. The Morgan fingerprint density at radius 1 is 1.29 bits per heavy atom. The molecule has 0 fully saturated rings. The molecular weight excluding hydrogens is 174 g/mol. The fraction of sp³-hybridized carbons (Fsp3) is 0.583. The van der Waals surface area contributed by atoms with Crippen molar-refractivity contribution in [2.75, 3.05) is 0 Å². The van der Waals surface area contributed by atoms with Crippen LogP contribution < -0.4 is 0 Å². The second-order valence-corrected chi connectivity index (χ2v) is 4.35. The van der Waals surface area contributed by atoms with Gasteiger partial charge in [-0.25, -0.2) is 0 Å². The average Bonchev–Trinajstić information content (AvgIpc) is 2.42. The van der Waals surface area contributed by atoms with E-state index in [2.05, 4.69) is 32.3 Å². The van der Waals surface area contributed by atoms with E-state index in [-0.39, 0.29) is 0 Å². The Morgan fingerprint density at radius 3 is 2.14 bits per heavy atom. The van der Waals surface area contributed by atoms with Crippen molar-refractivity contribution in [2.45, 2.75) is 46.6 Å². The molecule has 0 N–H and O–H groups in total. The maximum absolute atomic E-state index is 10.8. The summed E-state index contributed by atoms with van der Waals surface area (Å²) in [6, 6.07) is 2.42. The summed E-state index contributed by atoms with van der Waals surface area (Å²) in [6.07, 6.45) is 0.945. The van der Waals surface area contributed by atoms with Gasteiger partial charge in [0.25, 0.3) is 0 Å². The Hall–Kier alpha value is -1.05. The van der Waals surface area contributed by atoms with E-state index in [0.29, 0.717) is 12.0 Å². The lowest BCUT2D eigenvalue weighted by Crippen LogP contribution is -2.08. The first-order valence-electron chi connectivity index (χ1n) is 5.16. The van der Waals surface area contributed by atoms with E-state index in [9.17, 15) is 4.79 Å². The molecule has 0 saturated heterocycles. The summed E-state index contributed by atoms with van der Waals surface area (Å²) in [5, 5.41) is 0. The SMILES string of the molecule is Cc1c(C=O)cc(C(C)C)n1C(C)C. The highest BCUT2D eigenvalue weighted by Crippen LogP contribution is 2.25. The highest BCUT2D eigenvalue weighted by atomic mass is 16.1. The van der Waals surface area contributed by atoms with Gasteiger partial charge >= 0.3 is 0 Å². The number of nitrogens with zero attached hydrogens (tertiary/aromatic N) is 1. The highest BCUT2D eigenvalue weighted by Gasteiger charge is 2.15. The predicted octanol–water partition coefficient (Wildman–Crippen LogP) is 3.31. The van der Waals surface area contributed by atoms with E-state index < -0.39 is 0 Å². The van der Waals surface area contributed by atoms with Crippen LogP contribution in [-0.4, -0.2) is 10.9 Å². The van der Waals surface area contributed by atoms with E-state index >= 15 is 0 Å². The molecule has 0 aromatic carbocycles. The second-order valence-electron chi connectivity index (χ2n) is 4.35. The van der Waals surface area contributed by atoms with Crippen molar-refractivity contribution in [1.82, 2.24) is 4.57 Å². The zero-order valence-corrected chi connectivity index (χ0v) is 9.66. The Morgan fingerprint density at radius 2 is 1.86 bits per heavy atom. The maximum atomic E-state index is 10.8. The molecule has 78 valence electrons. The first-order chi connectivity index (χ1) is 6.49. The number of carbonyl (C=O) groups excluding carboxylic acids is 1. The van der Waals surface area contributed by atoms with Crippen molar-refractivity contribution in [1.29, 1.82) is 0 Å². The van der Waals surface area contributed by atoms with Crippen molar-refractivity contribution < 1.29 is 4.79 Å². The molecule has 1 aromatic rings. The fourth-order valence-corrected chi connectivity index (χ4v) is 1.92. The van der Waals surface area contributed by atoms with E-state index in [4.69, 9.17) is 0 Å². The van der Waals surface area contributed by atoms with Crippen LogP contribution in [0.5, 0.6) is 0 Å². The maximum Gasteiger partial charge on any atom is 0.151 e. The lowest BCUT2D eigenvalue weighted by atomic mass is 10.1. The zero-order chi connectivity index (χ0) is 10.9. The number of carbonyl (C=O) groups is 1. The molecule has 0 saturated carbocycles. The Kier molecular flexibility index (Phi) is 3.14. The van der Waals surface area contributed by atoms with Crippen molar-refractivity contribution in [2.24, 2.45) is 0 Å². The molecule has 0 radical (unpaired) electrons. The summed E-state index contributed by atoms with van der Waals surface area (Å²) in [6.45, 7) is 10.6.